The average Bonchev–Trinajstić information content (AvgIpc) is 2.60. The topological polar surface area (TPSA) is 47.6 Å². The lowest BCUT2D eigenvalue weighted by atomic mass is 9.97. The molecule has 128 valence electrons. The molecule has 0 saturated heterocycles. The van der Waals surface area contributed by atoms with Gasteiger partial charge in [-0.05, 0) is 30.0 Å². The van der Waals surface area contributed by atoms with Crippen LogP contribution in [-0.2, 0) is 4.79 Å². The lowest BCUT2D eigenvalue weighted by Gasteiger charge is -2.21. The molecule has 0 saturated carbocycles. The van der Waals surface area contributed by atoms with Crippen molar-refractivity contribution < 1.29 is 14.3 Å². The SMILES string of the molecule is COc1ccccc1OCC(=O)NC(CC(C)C)c1ccccc1. The van der Waals surface area contributed by atoms with Crippen molar-refractivity contribution in [2.45, 2.75) is 26.3 Å². The molecule has 0 aliphatic rings. The van der Waals surface area contributed by atoms with Crippen molar-refractivity contribution in [3.63, 3.8) is 0 Å². The summed E-state index contributed by atoms with van der Waals surface area (Å²) in [6.45, 7) is 4.25. The van der Waals surface area contributed by atoms with Crippen molar-refractivity contribution in [3.05, 3.63) is 60.2 Å². The number of hydrogen-bond donors (Lipinski definition) is 1. The van der Waals surface area contributed by atoms with Gasteiger partial charge in [0, 0.05) is 0 Å². The highest BCUT2D eigenvalue weighted by Gasteiger charge is 2.16. The zero-order chi connectivity index (χ0) is 17.4. The maximum atomic E-state index is 12.3. The van der Waals surface area contributed by atoms with E-state index in [0.717, 1.165) is 12.0 Å². The maximum absolute atomic E-state index is 12.3. The van der Waals surface area contributed by atoms with Crippen LogP contribution >= 0.6 is 0 Å². The first-order valence-electron chi connectivity index (χ1n) is 8.20. The summed E-state index contributed by atoms with van der Waals surface area (Å²) in [5.74, 6) is 1.52. The molecule has 1 N–H and O–H groups in total. The van der Waals surface area contributed by atoms with Crippen LogP contribution in [0.25, 0.3) is 0 Å². The number of carbonyl (C=O) groups excluding carboxylic acids is 1. The first-order chi connectivity index (χ1) is 11.6. The van der Waals surface area contributed by atoms with Crippen LogP contribution in [-0.4, -0.2) is 19.6 Å². The van der Waals surface area contributed by atoms with Crippen molar-refractivity contribution in [1.29, 1.82) is 0 Å². The molecular weight excluding hydrogens is 302 g/mol. The monoisotopic (exact) mass is 327 g/mol. The van der Waals surface area contributed by atoms with E-state index in [1.54, 1.807) is 19.2 Å². The molecule has 4 nitrogen and oxygen atoms in total. The molecule has 1 atom stereocenters. The summed E-state index contributed by atoms with van der Waals surface area (Å²) in [4.78, 5) is 12.3. The number of nitrogens with one attached hydrogen (secondary N) is 1. The Morgan fingerprint density at radius 2 is 1.62 bits per heavy atom. The second-order valence-electron chi connectivity index (χ2n) is 6.10. The summed E-state index contributed by atoms with van der Waals surface area (Å²) in [5, 5.41) is 3.07. The van der Waals surface area contributed by atoms with Gasteiger partial charge >= 0.3 is 0 Å². The first kappa shape index (κ1) is 17.9. The molecule has 0 aliphatic carbocycles. The molecule has 0 spiro atoms. The third-order valence-corrected chi connectivity index (χ3v) is 3.67. The van der Waals surface area contributed by atoms with E-state index in [-0.39, 0.29) is 18.6 Å². The zero-order valence-electron chi connectivity index (χ0n) is 14.5. The minimum atomic E-state index is -0.143. The Bertz CT molecular complexity index is 640. The average molecular weight is 327 g/mol. The summed E-state index contributed by atoms with van der Waals surface area (Å²) in [6.07, 6.45) is 0.879. The highest BCUT2D eigenvalue weighted by atomic mass is 16.5. The standard InChI is InChI=1S/C20H25NO3/c1-15(2)13-17(16-9-5-4-6-10-16)21-20(22)14-24-19-12-8-7-11-18(19)23-3/h4-12,15,17H,13-14H2,1-3H3,(H,21,22). The molecule has 0 fully saturated rings. The number of carbonyl (C=O) groups is 1. The fourth-order valence-electron chi connectivity index (χ4n) is 2.55. The van der Waals surface area contributed by atoms with Gasteiger partial charge in [0.15, 0.2) is 18.1 Å². The molecule has 2 rings (SSSR count). The van der Waals surface area contributed by atoms with E-state index in [1.165, 1.54) is 0 Å². The summed E-state index contributed by atoms with van der Waals surface area (Å²) >= 11 is 0. The number of amides is 1. The van der Waals surface area contributed by atoms with Gasteiger partial charge in [0.05, 0.1) is 13.2 Å². The third kappa shape index (κ3) is 5.30. The molecule has 0 radical (unpaired) electrons. The van der Waals surface area contributed by atoms with Gasteiger partial charge in [-0.1, -0.05) is 56.3 Å². The summed E-state index contributed by atoms with van der Waals surface area (Å²) < 4.78 is 10.8. The minimum Gasteiger partial charge on any atom is -0.493 e. The Morgan fingerprint density at radius 3 is 2.25 bits per heavy atom. The third-order valence-electron chi connectivity index (χ3n) is 3.67. The molecule has 0 aromatic heterocycles. The number of rotatable bonds is 8. The summed E-state index contributed by atoms with van der Waals surface area (Å²) in [7, 11) is 1.58. The number of para-hydroxylation sites is 2. The molecule has 1 unspecified atom stereocenters. The normalized spacial score (nSPS) is 11.8. The highest BCUT2D eigenvalue weighted by Crippen LogP contribution is 2.26. The summed E-state index contributed by atoms with van der Waals surface area (Å²) in [5.41, 5.74) is 1.11. The molecule has 0 heterocycles. The molecule has 4 heteroatoms. The van der Waals surface area contributed by atoms with Crippen molar-refractivity contribution in [2.75, 3.05) is 13.7 Å². The largest absolute Gasteiger partial charge is 0.493 e. The van der Waals surface area contributed by atoms with Crippen LogP contribution in [0.1, 0.15) is 31.9 Å². The van der Waals surface area contributed by atoms with Crippen LogP contribution in [0.5, 0.6) is 11.5 Å². The van der Waals surface area contributed by atoms with Crippen molar-refractivity contribution in [2.24, 2.45) is 5.92 Å². The van der Waals surface area contributed by atoms with E-state index in [1.807, 2.05) is 42.5 Å². The minimum absolute atomic E-state index is 0.0139. The zero-order valence-corrected chi connectivity index (χ0v) is 14.5. The quantitative estimate of drug-likeness (QED) is 0.798. The van der Waals surface area contributed by atoms with E-state index in [9.17, 15) is 4.79 Å². The number of hydrogen-bond acceptors (Lipinski definition) is 3. The Hall–Kier alpha value is -2.49. The Morgan fingerprint density at radius 1 is 1.00 bits per heavy atom. The van der Waals surface area contributed by atoms with Gasteiger partial charge in [-0.25, -0.2) is 0 Å². The van der Waals surface area contributed by atoms with Gasteiger partial charge < -0.3 is 14.8 Å². The van der Waals surface area contributed by atoms with Crippen LogP contribution in [0.4, 0.5) is 0 Å². The lowest BCUT2D eigenvalue weighted by molar-refractivity contribution is -0.124. The smallest absolute Gasteiger partial charge is 0.258 e. The Kier molecular flexibility index (Phi) is 6.67. The van der Waals surface area contributed by atoms with Gasteiger partial charge in [-0.15, -0.1) is 0 Å². The van der Waals surface area contributed by atoms with Crippen LogP contribution in [0.2, 0.25) is 0 Å². The van der Waals surface area contributed by atoms with Gasteiger partial charge in [0.25, 0.3) is 5.91 Å². The van der Waals surface area contributed by atoms with Crippen LogP contribution in [0.3, 0.4) is 0 Å². The van der Waals surface area contributed by atoms with E-state index in [4.69, 9.17) is 9.47 Å². The highest BCUT2D eigenvalue weighted by molar-refractivity contribution is 5.78. The predicted octanol–water partition coefficient (Wildman–Crippen LogP) is 3.98. The number of methoxy groups -OCH3 is 1. The van der Waals surface area contributed by atoms with Gasteiger partial charge in [0.1, 0.15) is 0 Å². The Labute approximate surface area is 143 Å². The predicted molar refractivity (Wildman–Crippen MR) is 95.3 cm³/mol. The second-order valence-corrected chi connectivity index (χ2v) is 6.10. The van der Waals surface area contributed by atoms with Crippen molar-refractivity contribution in [3.8, 4) is 11.5 Å². The van der Waals surface area contributed by atoms with Gasteiger partial charge in [0.2, 0.25) is 0 Å². The van der Waals surface area contributed by atoms with Crippen molar-refractivity contribution >= 4 is 5.91 Å². The summed E-state index contributed by atoms with van der Waals surface area (Å²) in [6, 6.07) is 17.3. The van der Waals surface area contributed by atoms with Crippen LogP contribution in [0.15, 0.2) is 54.6 Å². The number of benzene rings is 2. The lowest BCUT2D eigenvalue weighted by Crippen LogP contribution is -2.33. The molecule has 2 aromatic rings. The molecule has 0 aliphatic heterocycles. The van der Waals surface area contributed by atoms with Crippen LogP contribution < -0.4 is 14.8 Å². The fourth-order valence-corrected chi connectivity index (χ4v) is 2.55. The number of ether oxygens (including phenoxy) is 2. The fraction of sp³-hybridized carbons (Fsp3) is 0.350. The van der Waals surface area contributed by atoms with E-state index in [0.29, 0.717) is 17.4 Å². The molecule has 0 bridgehead atoms. The van der Waals surface area contributed by atoms with Gasteiger partial charge in [-0.2, -0.15) is 0 Å². The van der Waals surface area contributed by atoms with Crippen molar-refractivity contribution in [1.82, 2.24) is 5.32 Å². The molecule has 1 amide bonds. The maximum Gasteiger partial charge on any atom is 0.258 e. The molecule has 24 heavy (non-hydrogen) atoms. The van der Waals surface area contributed by atoms with E-state index in [2.05, 4.69) is 19.2 Å². The first-order valence-corrected chi connectivity index (χ1v) is 8.20. The van der Waals surface area contributed by atoms with E-state index < -0.39 is 0 Å². The molecular formula is C20H25NO3. The van der Waals surface area contributed by atoms with E-state index >= 15 is 0 Å². The van der Waals surface area contributed by atoms with Gasteiger partial charge in [-0.3, -0.25) is 4.79 Å². The second kappa shape index (κ2) is 8.96. The Balaban J connectivity index is 1.97. The van der Waals surface area contributed by atoms with Crippen LogP contribution in [0, 0.1) is 5.92 Å². The molecule has 2 aromatic carbocycles.